The van der Waals surface area contributed by atoms with Crippen LogP contribution in [0.4, 0.5) is 0 Å². The molecule has 1 atom stereocenters. The Balaban J connectivity index is 1.74. The van der Waals surface area contributed by atoms with Crippen molar-refractivity contribution in [3.05, 3.63) is 82.7 Å². The van der Waals surface area contributed by atoms with E-state index >= 15 is 0 Å². The molecule has 1 N–H and O–H groups in total. The van der Waals surface area contributed by atoms with Crippen LogP contribution in [-0.4, -0.2) is 49.4 Å². The van der Waals surface area contributed by atoms with Crippen LogP contribution in [-0.2, 0) is 19.6 Å². The van der Waals surface area contributed by atoms with E-state index in [-0.39, 0.29) is 17.1 Å². The molecule has 0 fully saturated rings. The molecule has 0 amide bonds. The van der Waals surface area contributed by atoms with Crippen LogP contribution < -0.4 is 4.72 Å². The first kappa shape index (κ1) is 27.7. The van der Waals surface area contributed by atoms with Crippen LogP contribution in [0.3, 0.4) is 0 Å². The van der Waals surface area contributed by atoms with Crippen molar-refractivity contribution in [3.63, 3.8) is 0 Å². The summed E-state index contributed by atoms with van der Waals surface area (Å²) in [6.07, 6.45) is 2.10. The van der Waals surface area contributed by atoms with Gasteiger partial charge in [-0.25, -0.2) is 8.42 Å². The number of aromatic nitrogens is 1. The van der Waals surface area contributed by atoms with Gasteiger partial charge in [-0.15, -0.1) is 0 Å². The lowest BCUT2D eigenvalue weighted by atomic mass is 10.1. The van der Waals surface area contributed by atoms with Crippen LogP contribution in [0.5, 0.6) is 0 Å². The van der Waals surface area contributed by atoms with Crippen LogP contribution in [0.2, 0.25) is 0 Å². The summed E-state index contributed by atoms with van der Waals surface area (Å²) in [6.45, 7) is 7.38. The Labute approximate surface area is 217 Å². The number of hydrogen-bond donors (Lipinski definition) is 1. The molecule has 0 aliphatic carbocycles. The number of nitrogens with one attached hydrogen (secondary N) is 1. The minimum absolute atomic E-state index is 0.0572. The van der Waals surface area contributed by atoms with Crippen molar-refractivity contribution < 1.29 is 22.7 Å². The highest BCUT2D eigenvalue weighted by Gasteiger charge is 2.28. The van der Waals surface area contributed by atoms with Gasteiger partial charge in [0.15, 0.2) is 6.61 Å². The molecule has 3 aromatic rings. The average Bonchev–Trinajstić information content (AvgIpc) is 3.16. The number of Topliss-reactive ketones (excluding diaryl/α,β-unsaturated/α-hetero) is 1. The number of ketones is 1. The molecular formula is C27H32N2O5S2. The summed E-state index contributed by atoms with van der Waals surface area (Å²) >= 11 is 1.48. The molecule has 0 aliphatic heterocycles. The van der Waals surface area contributed by atoms with Gasteiger partial charge in [0.1, 0.15) is 6.04 Å². The third kappa shape index (κ3) is 6.46. The van der Waals surface area contributed by atoms with Crippen molar-refractivity contribution in [3.8, 4) is 5.69 Å². The van der Waals surface area contributed by atoms with Crippen LogP contribution >= 0.6 is 11.8 Å². The van der Waals surface area contributed by atoms with E-state index in [2.05, 4.69) is 10.8 Å². The highest BCUT2D eigenvalue weighted by atomic mass is 32.2. The number of esters is 1. The van der Waals surface area contributed by atoms with Crippen molar-refractivity contribution in [2.75, 3.05) is 18.6 Å². The fourth-order valence-corrected chi connectivity index (χ4v) is 5.65. The summed E-state index contributed by atoms with van der Waals surface area (Å²) in [5.41, 5.74) is 5.39. The molecule has 9 heteroatoms. The van der Waals surface area contributed by atoms with Crippen molar-refractivity contribution in [1.82, 2.24) is 9.29 Å². The Morgan fingerprint density at radius 1 is 1.00 bits per heavy atom. The van der Waals surface area contributed by atoms with Crippen molar-refractivity contribution >= 4 is 33.5 Å². The Morgan fingerprint density at radius 2 is 1.69 bits per heavy atom. The highest BCUT2D eigenvalue weighted by Crippen LogP contribution is 2.23. The fraction of sp³-hybridized carbons (Fsp3) is 0.333. The number of nitrogens with zero attached hydrogens (tertiary/aromatic N) is 1. The van der Waals surface area contributed by atoms with Gasteiger partial charge in [-0.3, -0.25) is 9.59 Å². The topological polar surface area (TPSA) is 94.5 Å². The smallest absolute Gasteiger partial charge is 0.324 e. The highest BCUT2D eigenvalue weighted by molar-refractivity contribution is 7.98. The molecule has 192 valence electrons. The van der Waals surface area contributed by atoms with Gasteiger partial charge in [0, 0.05) is 22.6 Å². The monoisotopic (exact) mass is 528 g/mol. The number of ether oxygens (including phenoxy) is 1. The third-order valence-corrected chi connectivity index (χ3v) is 8.20. The third-order valence-electron chi connectivity index (χ3n) is 6.07. The van der Waals surface area contributed by atoms with Gasteiger partial charge in [0.25, 0.3) is 0 Å². The first-order chi connectivity index (χ1) is 17.0. The van der Waals surface area contributed by atoms with Gasteiger partial charge in [0.2, 0.25) is 15.8 Å². The SMILES string of the molecule is CSCCC(NS(=O)(=O)c1ccccc1)C(=O)OCC(=O)c1cc(C)n(-c2ccc(C)c(C)c2)c1C. The lowest BCUT2D eigenvalue weighted by molar-refractivity contribution is -0.144. The summed E-state index contributed by atoms with van der Waals surface area (Å²) in [5.74, 6) is -0.580. The van der Waals surface area contributed by atoms with E-state index in [4.69, 9.17) is 4.74 Å². The second-order valence-corrected chi connectivity index (χ2v) is 11.4. The number of sulfonamides is 1. The zero-order chi connectivity index (χ0) is 26.5. The maximum Gasteiger partial charge on any atom is 0.324 e. The van der Waals surface area contributed by atoms with Crippen LogP contribution in [0, 0.1) is 27.7 Å². The molecule has 2 aromatic carbocycles. The van der Waals surface area contributed by atoms with Crippen LogP contribution in [0.1, 0.15) is 39.3 Å². The van der Waals surface area contributed by atoms with Gasteiger partial charge < -0.3 is 9.30 Å². The lowest BCUT2D eigenvalue weighted by Gasteiger charge is -2.17. The molecule has 0 spiro atoms. The van der Waals surface area contributed by atoms with E-state index < -0.39 is 28.6 Å². The maximum atomic E-state index is 13.0. The number of aryl methyl sites for hydroxylation is 3. The average molecular weight is 529 g/mol. The number of benzene rings is 2. The predicted molar refractivity (Wildman–Crippen MR) is 144 cm³/mol. The minimum atomic E-state index is -3.92. The molecule has 7 nitrogen and oxygen atoms in total. The van der Waals surface area contributed by atoms with E-state index in [1.807, 2.05) is 50.7 Å². The van der Waals surface area contributed by atoms with E-state index in [0.717, 1.165) is 22.6 Å². The largest absolute Gasteiger partial charge is 0.456 e. The number of hydrogen-bond acceptors (Lipinski definition) is 6. The Morgan fingerprint density at radius 3 is 2.33 bits per heavy atom. The first-order valence-corrected chi connectivity index (χ1v) is 14.5. The molecule has 3 rings (SSSR count). The first-order valence-electron chi connectivity index (χ1n) is 11.6. The molecule has 1 unspecified atom stereocenters. The van der Waals surface area contributed by atoms with E-state index in [0.29, 0.717) is 11.3 Å². The van der Waals surface area contributed by atoms with Crippen molar-refractivity contribution in [2.45, 2.75) is 45.1 Å². The number of carbonyl (C=O) groups is 2. The second-order valence-electron chi connectivity index (χ2n) is 8.69. The molecule has 36 heavy (non-hydrogen) atoms. The van der Waals surface area contributed by atoms with Gasteiger partial charge in [-0.1, -0.05) is 24.3 Å². The molecule has 1 heterocycles. The fourth-order valence-electron chi connectivity index (χ4n) is 3.94. The van der Waals surface area contributed by atoms with Gasteiger partial charge in [0.05, 0.1) is 4.90 Å². The zero-order valence-corrected chi connectivity index (χ0v) is 22.8. The van der Waals surface area contributed by atoms with Gasteiger partial charge in [-0.2, -0.15) is 16.5 Å². The molecule has 0 saturated carbocycles. The lowest BCUT2D eigenvalue weighted by Crippen LogP contribution is -2.42. The Kier molecular flexibility index (Phi) is 9.16. The summed E-state index contributed by atoms with van der Waals surface area (Å²) in [4.78, 5) is 25.9. The summed E-state index contributed by atoms with van der Waals surface area (Å²) in [7, 11) is -3.92. The second kappa shape index (κ2) is 11.9. The standard InChI is InChI=1S/C27H32N2O5S2/c1-18-11-12-22(15-19(18)2)29-20(3)16-24(21(29)4)26(30)17-34-27(31)25(13-14-35-5)28-36(32,33)23-9-7-6-8-10-23/h6-12,15-16,25,28H,13-14,17H2,1-5H3. The van der Waals surface area contributed by atoms with E-state index in [1.165, 1.54) is 29.5 Å². The molecular weight excluding hydrogens is 496 g/mol. The van der Waals surface area contributed by atoms with Crippen LogP contribution in [0.15, 0.2) is 59.5 Å². The summed E-state index contributed by atoms with van der Waals surface area (Å²) < 4.78 is 35.2. The predicted octanol–water partition coefficient (Wildman–Crippen LogP) is 4.54. The van der Waals surface area contributed by atoms with Crippen LogP contribution in [0.25, 0.3) is 5.69 Å². The number of thioether (sulfide) groups is 1. The summed E-state index contributed by atoms with van der Waals surface area (Å²) in [6, 6.07) is 14.6. The molecule has 0 radical (unpaired) electrons. The van der Waals surface area contributed by atoms with Crippen molar-refractivity contribution in [1.29, 1.82) is 0 Å². The number of carbonyl (C=O) groups excluding carboxylic acids is 2. The quantitative estimate of drug-likeness (QED) is 0.290. The zero-order valence-electron chi connectivity index (χ0n) is 21.2. The summed E-state index contributed by atoms with van der Waals surface area (Å²) in [5, 5.41) is 0. The van der Waals surface area contributed by atoms with E-state index in [1.54, 1.807) is 24.3 Å². The Bertz CT molecular complexity index is 1350. The molecule has 0 aliphatic rings. The van der Waals surface area contributed by atoms with Gasteiger partial charge in [-0.05, 0) is 87.6 Å². The molecule has 0 bridgehead atoms. The minimum Gasteiger partial charge on any atom is -0.456 e. The molecule has 1 aromatic heterocycles. The maximum absolute atomic E-state index is 13.0. The van der Waals surface area contributed by atoms with E-state index in [9.17, 15) is 18.0 Å². The van der Waals surface area contributed by atoms with Gasteiger partial charge >= 0.3 is 5.97 Å². The normalized spacial score (nSPS) is 12.4. The molecule has 0 saturated heterocycles. The number of rotatable bonds is 11. The van der Waals surface area contributed by atoms with Crippen molar-refractivity contribution in [2.24, 2.45) is 0 Å². The Hall–Kier alpha value is -2.88.